The number of hydrogen-bond acceptors (Lipinski definition) is 3. The summed E-state index contributed by atoms with van der Waals surface area (Å²) in [7, 11) is 0. The predicted octanol–water partition coefficient (Wildman–Crippen LogP) is 3.13. The van der Waals surface area contributed by atoms with Gasteiger partial charge in [-0.3, -0.25) is 0 Å². The summed E-state index contributed by atoms with van der Waals surface area (Å²) in [6, 6.07) is 15.0. The molecule has 3 nitrogen and oxygen atoms in total. The molecule has 0 spiro atoms. The third kappa shape index (κ3) is 3.65. The first-order valence-corrected chi connectivity index (χ1v) is 5.61. The van der Waals surface area contributed by atoms with Crippen LogP contribution in [0.15, 0.2) is 53.7 Å². The van der Waals surface area contributed by atoms with Crippen LogP contribution >= 0.6 is 0 Å². The summed E-state index contributed by atoms with van der Waals surface area (Å²) in [6.07, 6.45) is 2.65. The minimum absolute atomic E-state index is 0.224. The van der Waals surface area contributed by atoms with Crippen LogP contribution in [0.1, 0.15) is 16.7 Å². The molecule has 93 valence electrons. The van der Waals surface area contributed by atoms with Gasteiger partial charge in [-0.1, -0.05) is 35.5 Å². The second kappa shape index (κ2) is 6.31. The number of rotatable bonds is 4. The molecular weight excluding hydrogens is 243 g/mol. The standard InChI is InChI=1S/C15H10FN2O/c16-15-7-5-12(6-8-15)11-19-18-10-14-4-2-1-3-13(14)9-17/h1-8H,11H2. The number of benzene rings is 2. The summed E-state index contributed by atoms with van der Waals surface area (Å²) in [5.74, 6) is -0.290. The molecule has 0 unspecified atom stereocenters. The van der Waals surface area contributed by atoms with E-state index in [1.165, 1.54) is 12.1 Å². The number of nitrogens with zero attached hydrogens (tertiary/aromatic N) is 2. The van der Waals surface area contributed by atoms with E-state index in [2.05, 4.69) is 11.4 Å². The maximum atomic E-state index is 12.7. The van der Waals surface area contributed by atoms with E-state index in [4.69, 9.17) is 10.1 Å². The Morgan fingerprint density at radius 2 is 1.74 bits per heavy atom. The van der Waals surface area contributed by atoms with Gasteiger partial charge in [0.1, 0.15) is 18.6 Å². The summed E-state index contributed by atoms with van der Waals surface area (Å²) in [4.78, 5) is 5.05. The van der Waals surface area contributed by atoms with Gasteiger partial charge in [-0.2, -0.15) is 5.26 Å². The van der Waals surface area contributed by atoms with Crippen LogP contribution in [0.5, 0.6) is 0 Å². The fourth-order valence-corrected chi connectivity index (χ4v) is 1.45. The molecule has 4 heteroatoms. The van der Waals surface area contributed by atoms with Gasteiger partial charge in [0, 0.05) is 5.56 Å². The zero-order valence-corrected chi connectivity index (χ0v) is 10.0. The lowest BCUT2D eigenvalue weighted by Gasteiger charge is -1.99. The van der Waals surface area contributed by atoms with Gasteiger partial charge in [0.25, 0.3) is 0 Å². The Bertz CT molecular complexity index is 615. The average Bonchev–Trinajstić information content (AvgIpc) is 2.46. The first-order valence-electron chi connectivity index (χ1n) is 5.61. The molecule has 2 aromatic rings. The second-order valence-electron chi connectivity index (χ2n) is 3.76. The Morgan fingerprint density at radius 3 is 2.42 bits per heavy atom. The molecule has 1 radical (unpaired) electrons. The van der Waals surface area contributed by atoms with Crippen LogP contribution in [0.2, 0.25) is 0 Å². The molecule has 2 aromatic carbocycles. The van der Waals surface area contributed by atoms with Gasteiger partial charge in [-0.25, -0.2) is 4.39 Å². The predicted molar refractivity (Wildman–Crippen MR) is 68.9 cm³/mol. The van der Waals surface area contributed by atoms with Gasteiger partial charge in [0.05, 0.1) is 11.6 Å². The molecule has 2 rings (SSSR count). The van der Waals surface area contributed by atoms with Crippen LogP contribution in [0, 0.1) is 17.1 Å². The molecule has 0 saturated carbocycles. The van der Waals surface area contributed by atoms with Crippen molar-refractivity contribution < 1.29 is 9.23 Å². The molecule has 0 heterocycles. The zero-order chi connectivity index (χ0) is 13.5. The van der Waals surface area contributed by atoms with Crippen molar-refractivity contribution in [2.75, 3.05) is 0 Å². The van der Waals surface area contributed by atoms with E-state index in [0.29, 0.717) is 11.1 Å². The molecular formula is C15H10FN2O. The van der Waals surface area contributed by atoms with Crippen LogP contribution < -0.4 is 0 Å². The van der Waals surface area contributed by atoms with Gasteiger partial charge in [-0.05, 0) is 23.8 Å². The summed E-state index contributed by atoms with van der Waals surface area (Å²) in [6.45, 7) is 0.224. The van der Waals surface area contributed by atoms with Gasteiger partial charge in [0.2, 0.25) is 0 Å². The maximum absolute atomic E-state index is 12.7. The minimum atomic E-state index is -0.290. The van der Waals surface area contributed by atoms with Gasteiger partial charge in [0.15, 0.2) is 0 Å². The molecule has 0 aliphatic heterocycles. The Morgan fingerprint density at radius 1 is 1.05 bits per heavy atom. The maximum Gasteiger partial charge on any atom is 0.142 e. The fourth-order valence-electron chi connectivity index (χ4n) is 1.45. The second-order valence-corrected chi connectivity index (χ2v) is 3.76. The van der Waals surface area contributed by atoms with Crippen molar-refractivity contribution in [2.45, 2.75) is 6.61 Å². The molecule has 0 saturated heterocycles. The van der Waals surface area contributed by atoms with Crippen molar-refractivity contribution in [3.8, 4) is 6.07 Å². The molecule has 0 N–H and O–H groups in total. The first-order chi connectivity index (χ1) is 9.29. The third-order valence-electron chi connectivity index (χ3n) is 2.42. The Hall–Kier alpha value is -2.67. The van der Waals surface area contributed by atoms with E-state index in [-0.39, 0.29) is 12.4 Å². The molecule has 0 amide bonds. The summed E-state index contributed by atoms with van der Waals surface area (Å²) >= 11 is 0. The number of halogens is 1. The van der Waals surface area contributed by atoms with Crippen LogP contribution in [0.25, 0.3) is 0 Å². The smallest absolute Gasteiger partial charge is 0.142 e. The van der Waals surface area contributed by atoms with Crippen molar-refractivity contribution in [3.05, 3.63) is 71.0 Å². The first kappa shape index (κ1) is 12.8. The van der Waals surface area contributed by atoms with E-state index in [9.17, 15) is 4.39 Å². The highest BCUT2D eigenvalue weighted by Gasteiger charge is 1.98. The van der Waals surface area contributed by atoms with Gasteiger partial charge in [-0.15, -0.1) is 0 Å². The zero-order valence-electron chi connectivity index (χ0n) is 10.0. The largest absolute Gasteiger partial charge is 0.390 e. The molecule has 0 bridgehead atoms. The van der Waals surface area contributed by atoms with Crippen LogP contribution in [0.4, 0.5) is 4.39 Å². The SMILES string of the molecule is N#Cc1ccccc1/[C]=N\OCc1ccc(F)cc1. The average molecular weight is 253 g/mol. The van der Waals surface area contributed by atoms with Crippen molar-refractivity contribution in [3.63, 3.8) is 0 Å². The lowest BCUT2D eigenvalue weighted by Crippen LogP contribution is -1.90. The Balaban J connectivity index is 1.94. The monoisotopic (exact) mass is 253 g/mol. The van der Waals surface area contributed by atoms with E-state index in [1.807, 2.05) is 6.07 Å². The highest BCUT2D eigenvalue weighted by Crippen LogP contribution is 2.06. The minimum Gasteiger partial charge on any atom is -0.390 e. The number of nitriles is 1. The van der Waals surface area contributed by atoms with E-state index in [1.54, 1.807) is 36.4 Å². The highest BCUT2D eigenvalue weighted by atomic mass is 19.1. The third-order valence-corrected chi connectivity index (χ3v) is 2.42. The van der Waals surface area contributed by atoms with Crippen molar-refractivity contribution in [1.82, 2.24) is 0 Å². The van der Waals surface area contributed by atoms with E-state index in [0.717, 1.165) is 5.56 Å². The van der Waals surface area contributed by atoms with E-state index >= 15 is 0 Å². The molecule has 19 heavy (non-hydrogen) atoms. The molecule has 0 aromatic heterocycles. The molecule has 0 fully saturated rings. The quantitative estimate of drug-likeness (QED) is 0.620. The van der Waals surface area contributed by atoms with E-state index < -0.39 is 0 Å². The van der Waals surface area contributed by atoms with Crippen LogP contribution in [-0.4, -0.2) is 6.21 Å². The van der Waals surface area contributed by atoms with Gasteiger partial charge >= 0.3 is 0 Å². The summed E-state index contributed by atoms with van der Waals surface area (Å²) in [5.41, 5.74) is 1.86. The topological polar surface area (TPSA) is 45.4 Å². The molecule has 0 aliphatic rings. The summed E-state index contributed by atoms with van der Waals surface area (Å²) in [5, 5.41) is 12.5. The normalized spacial score (nSPS) is 10.3. The Labute approximate surface area is 110 Å². The lowest BCUT2D eigenvalue weighted by molar-refractivity contribution is 0.132. The van der Waals surface area contributed by atoms with Crippen molar-refractivity contribution >= 4 is 6.21 Å². The van der Waals surface area contributed by atoms with Gasteiger partial charge < -0.3 is 4.84 Å². The van der Waals surface area contributed by atoms with Crippen molar-refractivity contribution in [1.29, 1.82) is 5.26 Å². The van der Waals surface area contributed by atoms with Crippen molar-refractivity contribution in [2.24, 2.45) is 5.16 Å². The van der Waals surface area contributed by atoms with Crippen LogP contribution in [0.3, 0.4) is 0 Å². The number of hydrogen-bond donors (Lipinski definition) is 0. The Kier molecular flexibility index (Phi) is 4.25. The molecule has 0 atom stereocenters. The highest BCUT2D eigenvalue weighted by molar-refractivity contribution is 5.82. The van der Waals surface area contributed by atoms with Crippen LogP contribution in [-0.2, 0) is 11.4 Å². The lowest BCUT2D eigenvalue weighted by atomic mass is 10.1. The summed E-state index contributed by atoms with van der Waals surface area (Å²) < 4.78 is 12.7. The molecule has 0 aliphatic carbocycles. The fraction of sp³-hybridized carbons (Fsp3) is 0.0667.